The van der Waals surface area contributed by atoms with E-state index in [9.17, 15) is 4.79 Å². The molecule has 0 bridgehead atoms. The SMILES string of the molecule is CC1CCC2(C)C(CCC3C2CCC2(C)C3CC[C@@H]2C(=O)Cn2cc3ccncc3n2)C1.CO. The van der Waals surface area contributed by atoms with Gasteiger partial charge in [0.2, 0.25) is 0 Å². The summed E-state index contributed by atoms with van der Waals surface area (Å²) < 4.78 is 1.85. The third-order valence-corrected chi connectivity index (χ3v) is 11.0. The second-order valence-electron chi connectivity index (χ2n) is 12.4. The van der Waals surface area contributed by atoms with E-state index in [-0.39, 0.29) is 11.3 Å². The number of hydrogen-bond acceptors (Lipinski definition) is 4. The van der Waals surface area contributed by atoms with Gasteiger partial charge < -0.3 is 5.11 Å². The Morgan fingerprint density at radius 1 is 1.06 bits per heavy atom. The van der Waals surface area contributed by atoms with Gasteiger partial charge in [0.15, 0.2) is 5.78 Å². The van der Waals surface area contributed by atoms with Gasteiger partial charge in [-0.05, 0) is 97.9 Å². The summed E-state index contributed by atoms with van der Waals surface area (Å²) in [4.78, 5) is 17.7. The summed E-state index contributed by atoms with van der Waals surface area (Å²) in [6.45, 7) is 8.01. The molecule has 4 aliphatic carbocycles. The smallest absolute Gasteiger partial charge is 0.157 e. The van der Waals surface area contributed by atoms with Crippen molar-refractivity contribution < 1.29 is 9.90 Å². The number of aliphatic hydroxyl groups is 1. The van der Waals surface area contributed by atoms with Crippen LogP contribution >= 0.6 is 0 Å². The maximum atomic E-state index is 13.6. The third-order valence-electron chi connectivity index (χ3n) is 11.0. The molecule has 4 fully saturated rings. The zero-order chi connectivity index (χ0) is 24.1. The molecule has 2 heterocycles. The van der Waals surface area contributed by atoms with Gasteiger partial charge in [0.1, 0.15) is 5.52 Å². The fourth-order valence-electron chi connectivity index (χ4n) is 9.27. The lowest BCUT2D eigenvalue weighted by Gasteiger charge is -2.61. The van der Waals surface area contributed by atoms with Crippen molar-refractivity contribution in [2.45, 2.75) is 85.1 Å². The quantitative estimate of drug-likeness (QED) is 0.612. The third kappa shape index (κ3) is 3.73. The number of rotatable bonds is 3. The second kappa shape index (κ2) is 9.04. The molecule has 7 unspecified atom stereocenters. The summed E-state index contributed by atoms with van der Waals surface area (Å²) in [6, 6.07) is 1.97. The molecule has 186 valence electrons. The molecule has 5 nitrogen and oxygen atoms in total. The van der Waals surface area contributed by atoms with Crippen LogP contribution < -0.4 is 0 Å². The van der Waals surface area contributed by atoms with E-state index in [1.807, 2.05) is 16.9 Å². The normalized spacial score (nSPS) is 41.1. The highest BCUT2D eigenvalue weighted by molar-refractivity contribution is 5.83. The van der Waals surface area contributed by atoms with E-state index in [2.05, 4.69) is 30.9 Å². The number of aliphatic hydroxyl groups excluding tert-OH is 1. The van der Waals surface area contributed by atoms with Crippen LogP contribution in [0.4, 0.5) is 0 Å². The average Bonchev–Trinajstić information content (AvgIpc) is 3.40. The highest BCUT2D eigenvalue weighted by Gasteiger charge is 2.60. The van der Waals surface area contributed by atoms with Gasteiger partial charge in [-0.2, -0.15) is 5.10 Å². The standard InChI is InChI=1S/C28H39N3O.CH4O/c1-18-8-11-27(2)20(14-18)4-5-21-22-6-7-24(28(22,3)12-9-23(21)27)26(32)17-31-16-19-10-13-29-15-25(19)30-31;1-2/h10,13,15-16,18,20-24H,4-9,11-12,14,17H2,1-3H3;2H,1H3/t18?,20?,21?,22?,23?,24-,27?,28?;/m1./s1. The van der Waals surface area contributed by atoms with Crippen molar-refractivity contribution in [1.82, 2.24) is 14.8 Å². The first-order chi connectivity index (χ1) is 16.4. The van der Waals surface area contributed by atoms with Crippen molar-refractivity contribution >= 4 is 16.7 Å². The topological polar surface area (TPSA) is 68.0 Å². The number of Topliss-reactive ketones (excluding diaryl/α,β-unsaturated/α-hetero) is 1. The summed E-state index contributed by atoms with van der Waals surface area (Å²) in [5.41, 5.74) is 1.63. The molecule has 0 aliphatic heterocycles. The van der Waals surface area contributed by atoms with Crippen molar-refractivity contribution in [3.63, 3.8) is 0 Å². The van der Waals surface area contributed by atoms with E-state index in [1.54, 1.807) is 12.4 Å². The number of fused-ring (bicyclic) bond motifs is 6. The van der Waals surface area contributed by atoms with Crippen LogP contribution in [0.5, 0.6) is 0 Å². The zero-order valence-electron chi connectivity index (χ0n) is 21.5. The predicted octanol–water partition coefficient (Wildman–Crippen LogP) is 5.90. The summed E-state index contributed by atoms with van der Waals surface area (Å²) in [5.74, 6) is 4.95. The van der Waals surface area contributed by atoms with Gasteiger partial charge in [0.25, 0.3) is 0 Å². The van der Waals surface area contributed by atoms with Gasteiger partial charge in [-0.25, -0.2) is 0 Å². The Labute approximate surface area is 204 Å². The molecule has 2 aromatic heterocycles. The Hall–Kier alpha value is -1.75. The van der Waals surface area contributed by atoms with E-state index in [1.165, 1.54) is 51.4 Å². The average molecular weight is 466 g/mol. The molecule has 5 heteroatoms. The number of ketones is 1. The Bertz CT molecular complexity index is 1000. The van der Waals surface area contributed by atoms with Crippen LogP contribution in [0.15, 0.2) is 24.7 Å². The molecule has 0 spiro atoms. The van der Waals surface area contributed by atoms with Crippen molar-refractivity contribution in [3.05, 3.63) is 24.7 Å². The van der Waals surface area contributed by atoms with Gasteiger partial charge in [-0.15, -0.1) is 0 Å². The van der Waals surface area contributed by atoms with Crippen LogP contribution in [-0.2, 0) is 11.3 Å². The number of carbonyl (C=O) groups excluding carboxylic acids is 1. The molecule has 2 aromatic rings. The number of nitrogens with zero attached hydrogens (tertiary/aromatic N) is 3. The molecular weight excluding hydrogens is 422 g/mol. The monoisotopic (exact) mass is 465 g/mol. The molecule has 1 N–H and O–H groups in total. The van der Waals surface area contributed by atoms with Crippen LogP contribution in [0, 0.1) is 46.3 Å². The minimum Gasteiger partial charge on any atom is -0.400 e. The first-order valence-electron chi connectivity index (χ1n) is 13.6. The fraction of sp³-hybridized carbons (Fsp3) is 0.759. The van der Waals surface area contributed by atoms with Gasteiger partial charge >= 0.3 is 0 Å². The Balaban J connectivity index is 0.00000117. The Morgan fingerprint density at radius 2 is 1.82 bits per heavy atom. The summed E-state index contributed by atoms with van der Waals surface area (Å²) in [5, 5.41) is 12.7. The lowest BCUT2D eigenvalue weighted by Crippen LogP contribution is -2.53. The molecule has 34 heavy (non-hydrogen) atoms. The first-order valence-corrected chi connectivity index (χ1v) is 13.6. The molecule has 8 atom stereocenters. The number of aromatic nitrogens is 3. The molecule has 4 aliphatic rings. The summed E-state index contributed by atoms with van der Waals surface area (Å²) >= 11 is 0. The van der Waals surface area contributed by atoms with Gasteiger partial charge in [-0.3, -0.25) is 14.5 Å². The minimum absolute atomic E-state index is 0.192. The van der Waals surface area contributed by atoms with Gasteiger partial charge in [0, 0.05) is 30.8 Å². The van der Waals surface area contributed by atoms with Crippen LogP contribution in [0.2, 0.25) is 0 Å². The van der Waals surface area contributed by atoms with Crippen molar-refractivity contribution in [2.75, 3.05) is 7.11 Å². The summed E-state index contributed by atoms with van der Waals surface area (Å²) in [6.07, 6.45) is 17.7. The van der Waals surface area contributed by atoms with E-state index < -0.39 is 0 Å². The van der Waals surface area contributed by atoms with Gasteiger partial charge in [-0.1, -0.05) is 27.2 Å². The van der Waals surface area contributed by atoms with E-state index >= 15 is 0 Å². The van der Waals surface area contributed by atoms with Crippen LogP contribution in [0.3, 0.4) is 0 Å². The van der Waals surface area contributed by atoms with Crippen LogP contribution in [0.1, 0.15) is 78.6 Å². The molecule has 0 radical (unpaired) electrons. The van der Waals surface area contributed by atoms with Crippen LogP contribution in [0.25, 0.3) is 10.9 Å². The molecular formula is C29H43N3O2. The molecule has 6 rings (SSSR count). The van der Waals surface area contributed by atoms with Crippen molar-refractivity contribution in [1.29, 1.82) is 0 Å². The van der Waals surface area contributed by atoms with Crippen molar-refractivity contribution in [3.8, 4) is 0 Å². The van der Waals surface area contributed by atoms with E-state index in [0.29, 0.717) is 17.7 Å². The highest BCUT2D eigenvalue weighted by Crippen LogP contribution is 2.67. The van der Waals surface area contributed by atoms with Gasteiger partial charge in [0.05, 0.1) is 12.7 Å². The number of carbonyl (C=O) groups is 1. The second-order valence-corrected chi connectivity index (χ2v) is 12.4. The molecule has 4 saturated carbocycles. The van der Waals surface area contributed by atoms with E-state index in [4.69, 9.17) is 5.11 Å². The van der Waals surface area contributed by atoms with Crippen molar-refractivity contribution in [2.24, 2.45) is 46.3 Å². The Morgan fingerprint density at radius 3 is 2.62 bits per heavy atom. The number of hydrogen-bond donors (Lipinski definition) is 1. The fourth-order valence-corrected chi connectivity index (χ4v) is 9.27. The summed E-state index contributed by atoms with van der Waals surface area (Å²) in [7, 11) is 1.00. The predicted molar refractivity (Wildman–Crippen MR) is 135 cm³/mol. The minimum atomic E-state index is 0.192. The largest absolute Gasteiger partial charge is 0.400 e. The maximum absolute atomic E-state index is 13.6. The molecule has 0 saturated heterocycles. The Kier molecular flexibility index (Phi) is 6.37. The van der Waals surface area contributed by atoms with E-state index in [0.717, 1.165) is 54.0 Å². The highest BCUT2D eigenvalue weighted by atomic mass is 16.2. The zero-order valence-corrected chi connectivity index (χ0v) is 21.5. The molecule has 0 aromatic carbocycles. The number of pyridine rings is 1. The first kappa shape index (κ1) is 24.0. The van der Waals surface area contributed by atoms with Crippen LogP contribution in [-0.4, -0.2) is 32.8 Å². The molecule has 0 amide bonds. The lowest BCUT2D eigenvalue weighted by atomic mass is 9.44. The maximum Gasteiger partial charge on any atom is 0.157 e. The lowest BCUT2D eigenvalue weighted by molar-refractivity contribution is -0.137.